The van der Waals surface area contributed by atoms with Crippen molar-refractivity contribution in [3.05, 3.63) is 341 Å². The molecule has 0 heterocycles. The average molecular weight is 1050 g/mol. The topological polar surface area (TPSA) is 21.7 Å². The van der Waals surface area contributed by atoms with E-state index in [2.05, 4.69) is 13.2 Å². The molecule has 0 aromatic heterocycles. The standard InChI is InChI=1S/C72H46F5NO2/c1-3-45-19-33-53(34-20-45)79-55-37-23-47(24-38-55)71(63-15-9-17-67(74)69(63)76)61-13-7-5-11-57(61)59-41-31-51(43-65(59)71)78(50-29-27-49(73)28-30-50)52-32-42-60-58-12-6-8-14-62(58)72(66(60)44-52,64-16-10-18-68(75)70(64)77)48-25-39-56(40-26-48)80-54-35-21-46(4-2)22-36-54/h3-44H,1-2H2. The van der Waals surface area contributed by atoms with E-state index in [1.54, 1.807) is 36.4 Å². The highest BCUT2D eigenvalue weighted by atomic mass is 19.2. The van der Waals surface area contributed by atoms with Gasteiger partial charge in [0.25, 0.3) is 0 Å². The molecule has 2 atom stereocenters. The van der Waals surface area contributed by atoms with Crippen LogP contribution in [0.25, 0.3) is 34.4 Å². The van der Waals surface area contributed by atoms with Crippen molar-refractivity contribution in [1.82, 2.24) is 0 Å². The Bertz CT molecular complexity index is 3960. The summed E-state index contributed by atoms with van der Waals surface area (Å²) < 4.78 is 93.7. The number of nitrogens with zero attached hydrogens (tertiary/aromatic N) is 1. The fourth-order valence-corrected chi connectivity index (χ4v) is 12.1. The molecule has 0 radical (unpaired) electrons. The Hall–Kier alpha value is -10.1. The molecule has 2 unspecified atom stereocenters. The van der Waals surface area contributed by atoms with Gasteiger partial charge >= 0.3 is 0 Å². The number of hydrogen-bond acceptors (Lipinski definition) is 3. The third kappa shape index (κ3) is 7.93. The van der Waals surface area contributed by atoms with Gasteiger partial charge in [-0.25, -0.2) is 22.0 Å². The minimum atomic E-state index is -1.43. The molecule has 2 aliphatic carbocycles. The van der Waals surface area contributed by atoms with Crippen LogP contribution in [0.5, 0.6) is 23.0 Å². The van der Waals surface area contributed by atoms with Gasteiger partial charge in [-0.3, -0.25) is 0 Å². The van der Waals surface area contributed by atoms with Gasteiger partial charge < -0.3 is 14.4 Å². The Balaban J connectivity index is 1.02. The second kappa shape index (κ2) is 19.8. The summed E-state index contributed by atoms with van der Waals surface area (Å²) in [4.78, 5) is 1.97. The van der Waals surface area contributed by atoms with Gasteiger partial charge in [0.2, 0.25) is 0 Å². The predicted molar refractivity (Wildman–Crippen MR) is 309 cm³/mol. The second-order valence-electron chi connectivity index (χ2n) is 19.9. The molecule has 0 saturated heterocycles. The zero-order chi connectivity index (χ0) is 54.7. The number of hydrogen-bond donors (Lipinski definition) is 0. The zero-order valence-electron chi connectivity index (χ0n) is 42.8. The molecule has 2 aliphatic rings. The fourth-order valence-electron chi connectivity index (χ4n) is 12.1. The molecule has 0 aliphatic heterocycles. The fraction of sp³-hybridized carbons (Fsp3) is 0.0278. The molecular formula is C72H46F5NO2. The van der Waals surface area contributed by atoms with E-state index >= 15 is 22.0 Å². The lowest BCUT2D eigenvalue weighted by molar-refractivity contribution is 0.480. The molecule has 0 spiro atoms. The van der Waals surface area contributed by atoms with Gasteiger partial charge in [0.05, 0.1) is 10.8 Å². The number of fused-ring (bicyclic) bond motifs is 6. The van der Waals surface area contributed by atoms with Crippen molar-refractivity contribution in [3.63, 3.8) is 0 Å². The highest BCUT2D eigenvalue weighted by Gasteiger charge is 2.50. The minimum absolute atomic E-state index is 0.0992. The van der Waals surface area contributed by atoms with Crippen LogP contribution in [0.1, 0.15) is 55.6 Å². The Morgan fingerprint density at radius 1 is 0.325 bits per heavy atom. The Morgan fingerprint density at radius 2 is 0.675 bits per heavy atom. The Morgan fingerprint density at radius 3 is 1.07 bits per heavy atom. The highest BCUT2D eigenvalue weighted by molar-refractivity contribution is 5.92. The van der Waals surface area contributed by atoms with Crippen molar-refractivity contribution >= 4 is 29.2 Å². The summed E-state index contributed by atoms with van der Waals surface area (Å²) in [6, 6.07) is 71.8. The van der Waals surface area contributed by atoms with Crippen molar-refractivity contribution in [2.24, 2.45) is 0 Å². The first-order valence-corrected chi connectivity index (χ1v) is 26.1. The first-order chi connectivity index (χ1) is 39.1. The summed E-state index contributed by atoms with van der Waals surface area (Å²) in [5, 5.41) is 0. The highest BCUT2D eigenvalue weighted by Crippen LogP contribution is 2.60. The number of halogens is 5. The lowest BCUT2D eigenvalue weighted by Crippen LogP contribution is -2.30. The molecule has 11 aromatic rings. The molecule has 0 bridgehead atoms. The van der Waals surface area contributed by atoms with E-state index in [1.165, 1.54) is 24.3 Å². The molecule has 0 saturated carbocycles. The maximum absolute atomic E-state index is 17.1. The monoisotopic (exact) mass is 1050 g/mol. The van der Waals surface area contributed by atoms with Crippen molar-refractivity contribution < 1.29 is 31.4 Å². The second-order valence-corrected chi connectivity index (χ2v) is 19.9. The quantitative estimate of drug-likeness (QED) is 0.107. The molecule has 0 amide bonds. The van der Waals surface area contributed by atoms with Crippen molar-refractivity contribution in [2.45, 2.75) is 10.8 Å². The summed E-state index contributed by atoms with van der Waals surface area (Å²) in [5.74, 6) is -2.17. The first kappa shape index (κ1) is 49.5. The molecule has 0 fully saturated rings. The smallest absolute Gasteiger partial charge is 0.163 e. The maximum Gasteiger partial charge on any atom is 0.163 e. The van der Waals surface area contributed by atoms with E-state index in [0.29, 0.717) is 62.3 Å². The van der Waals surface area contributed by atoms with Crippen molar-refractivity contribution in [2.75, 3.05) is 4.90 Å². The molecule has 386 valence electrons. The number of rotatable bonds is 13. The predicted octanol–water partition coefficient (Wildman–Crippen LogP) is 19.4. The van der Waals surface area contributed by atoms with E-state index in [0.717, 1.165) is 56.6 Å². The normalized spacial score (nSPS) is 15.5. The third-order valence-electron chi connectivity index (χ3n) is 15.6. The van der Waals surface area contributed by atoms with Crippen molar-refractivity contribution in [1.29, 1.82) is 0 Å². The van der Waals surface area contributed by atoms with E-state index < -0.39 is 39.9 Å². The van der Waals surface area contributed by atoms with Gasteiger partial charge in [0, 0.05) is 28.2 Å². The summed E-state index contributed by atoms with van der Waals surface area (Å²) >= 11 is 0. The summed E-state index contributed by atoms with van der Waals surface area (Å²) in [6.45, 7) is 7.69. The largest absolute Gasteiger partial charge is 0.457 e. The Kier molecular flexibility index (Phi) is 12.2. The number of ether oxygens (including phenoxy) is 2. The van der Waals surface area contributed by atoms with Crippen LogP contribution in [-0.2, 0) is 10.8 Å². The van der Waals surface area contributed by atoms with E-state index in [1.807, 2.05) is 187 Å². The van der Waals surface area contributed by atoms with Gasteiger partial charge in [0.15, 0.2) is 23.3 Å². The first-order valence-electron chi connectivity index (χ1n) is 26.1. The lowest BCUT2D eigenvalue weighted by Gasteiger charge is -2.36. The van der Waals surface area contributed by atoms with Gasteiger partial charge in [-0.05, 0) is 176 Å². The molecular weight excluding hydrogens is 1010 g/mol. The average Bonchev–Trinajstić information content (AvgIpc) is 2.79. The van der Waals surface area contributed by atoms with E-state index in [4.69, 9.17) is 9.47 Å². The summed E-state index contributed by atoms with van der Waals surface area (Å²) in [6.07, 6.45) is 3.50. The maximum atomic E-state index is 17.1. The Labute approximate surface area is 460 Å². The van der Waals surface area contributed by atoms with E-state index in [-0.39, 0.29) is 11.1 Å². The SMILES string of the molecule is C=Cc1ccc(Oc2ccc(C3(c4cccc(F)c4F)c4ccccc4-c4ccc(N(c5ccc(F)cc5)c5ccc6c(c5)C(c5ccc(Oc7ccc(C=C)cc7)cc5)(c5cccc(F)c5F)c5ccccc5-6)cc43)cc2)cc1. The van der Waals surface area contributed by atoms with Gasteiger partial charge in [-0.2, -0.15) is 0 Å². The minimum Gasteiger partial charge on any atom is -0.457 e. The lowest BCUT2D eigenvalue weighted by atomic mass is 9.67. The molecule has 13 rings (SSSR count). The van der Waals surface area contributed by atoms with Crippen LogP contribution in [0.15, 0.2) is 256 Å². The molecule has 3 nitrogen and oxygen atoms in total. The van der Waals surface area contributed by atoms with Crippen LogP contribution in [0, 0.1) is 29.1 Å². The van der Waals surface area contributed by atoms with Crippen LogP contribution >= 0.6 is 0 Å². The zero-order valence-corrected chi connectivity index (χ0v) is 42.8. The van der Waals surface area contributed by atoms with Crippen LogP contribution in [0.4, 0.5) is 39.0 Å². The molecule has 0 N–H and O–H groups in total. The van der Waals surface area contributed by atoms with Crippen molar-refractivity contribution in [3.8, 4) is 45.3 Å². The summed E-state index contributed by atoms with van der Waals surface area (Å²) in [7, 11) is 0. The van der Waals surface area contributed by atoms with Crippen LogP contribution in [-0.4, -0.2) is 0 Å². The number of benzene rings is 11. The summed E-state index contributed by atoms with van der Waals surface area (Å²) in [5.41, 5.74) is 8.28. The molecule has 80 heavy (non-hydrogen) atoms. The van der Waals surface area contributed by atoms with Gasteiger partial charge in [0.1, 0.15) is 28.8 Å². The van der Waals surface area contributed by atoms with Crippen LogP contribution < -0.4 is 14.4 Å². The van der Waals surface area contributed by atoms with Crippen LogP contribution in [0.2, 0.25) is 0 Å². The van der Waals surface area contributed by atoms with Gasteiger partial charge in [-0.1, -0.05) is 159 Å². The van der Waals surface area contributed by atoms with Gasteiger partial charge in [-0.15, -0.1) is 0 Å². The number of anilines is 3. The molecule has 11 aromatic carbocycles. The third-order valence-corrected chi connectivity index (χ3v) is 15.6. The van der Waals surface area contributed by atoms with Crippen LogP contribution in [0.3, 0.4) is 0 Å². The van der Waals surface area contributed by atoms with E-state index in [9.17, 15) is 0 Å². The molecule has 8 heteroatoms.